The second kappa shape index (κ2) is 11.1. The van der Waals surface area contributed by atoms with E-state index in [-0.39, 0.29) is 0 Å². The van der Waals surface area contributed by atoms with Crippen molar-refractivity contribution in [3.8, 4) is 12.5 Å². The van der Waals surface area contributed by atoms with E-state index < -0.39 is 35.6 Å². The molecule has 2 atom stereocenters. The standard InChI is InChI=1S/C28H35N3O4/c1-10-31(26(33)21(6)29-27(34)35-28(7,8)9)24(22-16-12-13-17(2)20(22)5)25(32)30-23-18(3)14-11-15-19(23)4/h1,11-16,21,24H,2-9H3,(H,29,34)(H,30,32). The van der Waals surface area contributed by atoms with Gasteiger partial charge in [-0.15, -0.1) is 0 Å². The minimum Gasteiger partial charge on any atom is -0.444 e. The van der Waals surface area contributed by atoms with E-state index in [1.165, 1.54) is 6.92 Å². The van der Waals surface area contributed by atoms with Crippen molar-refractivity contribution in [2.24, 2.45) is 0 Å². The Hall–Kier alpha value is -3.79. The first-order valence-electron chi connectivity index (χ1n) is 11.5. The predicted octanol–water partition coefficient (Wildman–Crippen LogP) is 4.93. The number of hydrogen-bond donors (Lipinski definition) is 2. The van der Waals surface area contributed by atoms with Gasteiger partial charge in [-0.05, 0) is 83.2 Å². The lowest BCUT2D eigenvalue weighted by molar-refractivity contribution is -0.136. The van der Waals surface area contributed by atoms with Crippen molar-refractivity contribution in [1.82, 2.24) is 10.2 Å². The first-order valence-corrected chi connectivity index (χ1v) is 11.5. The van der Waals surface area contributed by atoms with E-state index in [0.717, 1.165) is 27.2 Å². The molecule has 7 nitrogen and oxygen atoms in total. The van der Waals surface area contributed by atoms with Crippen LogP contribution >= 0.6 is 0 Å². The first kappa shape index (κ1) is 27.5. The molecule has 0 saturated heterocycles. The van der Waals surface area contributed by atoms with E-state index in [1.54, 1.807) is 26.8 Å². The molecule has 2 aromatic carbocycles. The lowest BCUT2D eigenvalue weighted by Crippen LogP contribution is -2.49. The number of nitrogens with one attached hydrogen (secondary N) is 2. The van der Waals surface area contributed by atoms with Gasteiger partial charge >= 0.3 is 6.09 Å². The molecule has 0 heterocycles. The molecular formula is C28H35N3O4. The third-order valence-electron chi connectivity index (χ3n) is 5.66. The molecule has 7 heteroatoms. The van der Waals surface area contributed by atoms with Crippen LogP contribution in [0.15, 0.2) is 36.4 Å². The van der Waals surface area contributed by atoms with Gasteiger partial charge in [0.05, 0.1) is 0 Å². The number of terminal acetylenes is 1. The first-order chi connectivity index (χ1) is 16.3. The summed E-state index contributed by atoms with van der Waals surface area (Å²) in [5.41, 5.74) is 4.10. The summed E-state index contributed by atoms with van der Waals surface area (Å²) in [7, 11) is 0. The van der Waals surface area contributed by atoms with Crippen LogP contribution < -0.4 is 10.6 Å². The van der Waals surface area contributed by atoms with Gasteiger partial charge in [-0.3, -0.25) is 14.5 Å². The number of nitrogens with zero attached hydrogens (tertiary/aromatic N) is 1. The maximum absolute atomic E-state index is 13.7. The van der Waals surface area contributed by atoms with Crippen LogP contribution in [0.4, 0.5) is 10.5 Å². The minimum absolute atomic E-state index is 0.452. The Morgan fingerprint density at radius 1 is 0.971 bits per heavy atom. The van der Waals surface area contributed by atoms with Gasteiger partial charge in [0.2, 0.25) is 0 Å². The molecule has 0 radical (unpaired) electrons. The smallest absolute Gasteiger partial charge is 0.408 e. The van der Waals surface area contributed by atoms with Crippen molar-refractivity contribution in [2.75, 3.05) is 5.32 Å². The van der Waals surface area contributed by atoms with Crippen LogP contribution in [0.3, 0.4) is 0 Å². The van der Waals surface area contributed by atoms with Crippen LogP contribution in [-0.2, 0) is 14.3 Å². The molecule has 2 rings (SSSR count). The van der Waals surface area contributed by atoms with Crippen LogP contribution in [0.25, 0.3) is 0 Å². The van der Waals surface area contributed by atoms with Crippen LogP contribution in [0.5, 0.6) is 0 Å². The number of alkyl carbamates (subject to hydrolysis) is 1. The molecule has 0 bridgehead atoms. The number of rotatable bonds is 6. The lowest BCUT2D eigenvalue weighted by Gasteiger charge is -2.30. The number of carbonyl (C=O) groups excluding carboxylic acids is 3. The number of aryl methyl sites for hydroxylation is 3. The Bertz CT molecular complexity index is 1140. The SMILES string of the molecule is C#CN(C(=O)C(C)NC(=O)OC(C)(C)C)C(C(=O)Nc1c(C)cccc1C)c1cccc(C)c1C. The fourth-order valence-corrected chi connectivity index (χ4v) is 3.69. The Labute approximate surface area is 208 Å². The topological polar surface area (TPSA) is 87.7 Å². The van der Waals surface area contributed by atoms with Gasteiger partial charge in [0.15, 0.2) is 0 Å². The molecule has 0 fully saturated rings. The molecule has 0 aromatic heterocycles. The summed E-state index contributed by atoms with van der Waals surface area (Å²) in [5, 5.41) is 5.47. The Balaban J connectivity index is 2.47. The highest BCUT2D eigenvalue weighted by molar-refractivity contribution is 6.00. The van der Waals surface area contributed by atoms with Crippen molar-refractivity contribution < 1.29 is 19.1 Å². The Morgan fingerprint density at radius 2 is 1.51 bits per heavy atom. The molecule has 2 unspecified atom stereocenters. The van der Waals surface area contributed by atoms with Crippen molar-refractivity contribution in [3.63, 3.8) is 0 Å². The Kier molecular flexibility index (Phi) is 8.70. The van der Waals surface area contributed by atoms with Gasteiger partial charge in [-0.25, -0.2) is 4.79 Å². The van der Waals surface area contributed by atoms with Crippen LogP contribution in [0.1, 0.15) is 61.6 Å². The normalized spacial score (nSPS) is 12.7. The molecule has 186 valence electrons. The maximum atomic E-state index is 13.7. The molecule has 3 amide bonds. The van der Waals surface area contributed by atoms with Crippen molar-refractivity contribution in [3.05, 3.63) is 64.2 Å². The summed E-state index contributed by atoms with van der Waals surface area (Å²) in [6.45, 7) is 14.3. The zero-order chi connectivity index (χ0) is 26.5. The van der Waals surface area contributed by atoms with Crippen LogP contribution in [0, 0.1) is 40.2 Å². The molecule has 0 aliphatic rings. The predicted molar refractivity (Wildman–Crippen MR) is 138 cm³/mol. The number of carbonyl (C=O) groups is 3. The number of para-hydroxylation sites is 1. The summed E-state index contributed by atoms with van der Waals surface area (Å²) in [6, 6.07) is 11.5. The van der Waals surface area contributed by atoms with E-state index in [0.29, 0.717) is 11.3 Å². The van der Waals surface area contributed by atoms with Gasteiger partial charge in [0.1, 0.15) is 17.7 Å². The third kappa shape index (κ3) is 6.86. The molecule has 0 aliphatic carbocycles. The molecule has 0 saturated carbocycles. The summed E-state index contributed by atoms with van der Waals surface area (Å²) in [4.78, 5) is 40.4. The maximum Gasteiger partial charge on any atom is 0.408 e. The lowest BCUT2D eigenvalue weighted by atomic mass is 9.95. The van der Waals surface area contributed by atoms with E-state index >= 15 is 0 Å². The molecule has 2 N–H and O–H groups in total. The van der Waals surface area contributed by atoms with Crippen molar-refractivity contribution in [2.45, 2.75) is 73.1 Å². The number of benzene rings is 2. The largest absolute Gasteiger partial charge is 0.444 e. The molecule has 0 spiro atoms. The Morgan fingerprint density at radius 3 is 2.06 bits per heavy atom. The highest BCUT2D eigenvalue weighted by Gasteiger charge is 2.35. The quantitative estimate of drug-likeness (QED) is 0.456. The second-order valence-electron chi connectivity index (χ2n) is 9.65. The molecule has 0 aliphatic heterocycles. The number of ether oxygens (including phenoxy) is 1. The zero-order valence-electron chi connectivity index (χ0n) is 21.8. The molecular weight excluding hydrogens is 442 g/mol. The fraction of sp³-hybridized carbons (Fsp3) is 0.393. The van der Waals surface area contributed by atoms with Crippen LogP contribution in [0.2, 0.25) is 0 Å². The average molecular weight is 478 g/mol. The van der Waals surface area contributed by atoms with Gasteiger partial charge in [0.25, 0.3) is 11.8 Å². The van der Waals surface area contributed by atoms with Gasteiger partial charge < -0.3 is 15.4 Å². The van der Waals surface area contributed by atoms with E-state index in [1.807, 2.05) is 58.0 Å². The van der Waals surface area contributed by atoms with Gasteiger partial charge in [0, 0.05) is 11.7 Å². The van der Waals surface area contributed by atoms with Crippen LogP contribution in [-0.4, -0.2) is 34.5 Å². The van der Waals surface area contributed by atoms with E-state index in [4.69, 9.17) is 11.2 Å². The second-order valence-corrected chi connectivity index (χ2v) is 9.65. The third-order valence-corrected chi connectivity index (χ3v) is 5.66. The highest BCUT2D eigenvalue weighted by atomic mass is 16.6. The summed E-state index contributed by atoms with van der Waals surface area (Å²) in [5.74, 6) is -1.06. The minimum atomic E-state index is -1.12. The van der Waals surface area contributed by atoms with Crippen molar-refractivity contribution >= 4 is 23.6 Å². The summed E-state index contributed by atoms with van der Waals surface area (Å²) >= 11 is 0. The van der Waals surface area contributed by atoms with E-state index in [2.05, 4.69) is 16.7 Å². The monoisotopic (exact) mass is 477 g/mol. The fourth-order valence-electron chi connectivity index (χ4n) is 3.69. The van der Waals surface area contributed by atoms with Crippen molar-refractivity contribution in [1.29, 1.82) is 0 Å². The highest BCUT2D eigenvalue weighted by Crippen LogP contribution is 2.29. The van der Waals surface area contributed by atoms with E-state index in [9.17, 15) is 14.4 Å². The zero-order valence-corrected chi connectivity index (χ0v) is 21.8. The number of hydrogen-bond acceptors (Lipinski definition) is 4. The summed E-state index contributed by atoms with van der Waals surface area (Å²) in [6.07, 6.45) is 5.04. The number of amides is 3. The number of anilines is 1. The van der Waals surface area contributed by atoms with Gasteiger partial charge in [-0.1, -0.05) is 42.8 Å². The average Bonchev–Trinajstić information content (AvgIpc) is 2.75. The molecule has 35 heavy (non-hydrogen) atoms. The molecule has 2 aromatic rings. The summed E-state index contributed by atoms with van der Waals surface area (Å²) < 4.78 is 5.25. The van der Waals surface area contributed by atoms with Gasteiger partial charge in [-0.2, -0.15) is 0 Å².